The number of hydrogen-bond donors (Lipinski definition) is 7. The summed E-state index contributed by atoms with van der Waals surface area (Å²) in [7, 11) is -16.8. The molecule has 2 rings (SSSR count). The van der Waals surface area contributed by atoms with E-state index in [0.29, 0.717) is 0 Å². The van der Waals surface area contributed by atoms with E-state index in [1.54, 1.807) is 0 Å². The minimum atomic E-state index is -5.74. The number of aliphatic hydroxyl groups excluding tert-OH is 1. The average Bonchev–Trinajstić information content (AvgIpc) is 3.02. The first-order valence-corrected chi connectivity index (χ1v) is 13.7. The van der Waals surface area contributed by atoms with Gasteiger partial charge in [-0.3, -0.25) is 23.7 Å². The Labute approximate surface area is 194 Å². The zero-order valence-corrected chi connectivity index (χ0v) is 19.9. The van der Waals surface area contributed by atoms with Crippen molar-refractivity contribution in [3.8, 4) is 11.8 Å². The Morgan fingerprint density at radius 3 is 2.43 bits per heavy atom. The fourth-order valence-corrected chi connectivity index (χ4v) is 5.65. The molecule has 1 fully saturated rings. The molecule has 1 aliphatic rings. The van der Waals surface area contributed by atoms with E-state index in [4.69, 9.17) is 24.5 Å². The van der Waals surface area contributed by atoms with E-state index < -0.39 is 65.7 Å². The molecule has 0 saturated carbocycles. The Hall–Kier alpha value is -1.96. The van der Waals surface area contributed by atoms with E-state index in [1.165, 1.54) is 0 Å². The van der Waals surface area contributed by atoms with Crippen molar-refractivity contribution >= 4 is 29.4 Å². The highest BCUT2D eigenvalue weighted by Gasteiger charge is 2.43. The Kier molecular flexibility index (Phi) is 9.53. The quantitative estimate of drug-likeness (QED) is 0.129. The molecule has 1 aliphatic heterocycles. The van der Waals surface area contributed by atoms with E-state index in [-0.39, 0.29) is 24.8 Å². The number of carboxylic acids is 1. The zero-order chi connectivity index (χ0) is 26.6. The number of ether oxygens (including phenoxy) is 1. The molecule has 1 aromatic heterocycles. The number of carboxylic acid groups (broad SMARTS) is 1. The molecule has 196 valence electrons. The molecule has 0 aliphatic carbocycles. The van der Waals surface area contributed by atoms with Crippen molar-refractivity contribution in [2.24, 2.45) is 0 Å². The molecule has 5 atom stereocenters. The Morgan fingerprint density at radius 2 is 1.83 bits per heavy atom. The van der Waals surface area contributed by atoms with E-state index in [2.05, 4.69) is 25.0 Å². The van der Waals surface area contributed by atoms with Crippen LogP contribution in [0.25, 0.3) is 0 Å². The second-order valence-corrected chi connectivity index (χ2v) is 11.1. The van der Waals surface area contributed by atoms with E-state index in [0.717, 1.165) is 10.8 Å². The molecule has 1 saturated heterocycles. The number of phosphoric acid groups is 3. The number of nitrogens with one attached hydrogen (secondary N) is 1. The van der Waals surface area contributed by atoms with Crippen LogP contribution >= 0.6 is 23.5 Å². The van der Waals surface area contributed by atoms with Crippen molar-refractivity contribution in [2.75, 3.05) is 6.61 Å². The number of phosphoric ester groups is 1. The first-order valence-electron chi connectivity index (χ1n) is 9.16. The largest absolute Gasteiger partial charge is 0.490 e. The number of H-pyrrole nitrogens is 1. The van der Waals surface area contributed by atoms with Gasteiger partial charge in [-0.05, 0) is 0 Å². The van der Waals surface area contributed by atoms with E-state index in [1.807, 2.05) is 4.98 Å². The second-order valence-electron chi connectivity index (χ2n) is 6.72. The van der Waals surface area contributed by atoms with Crippen LogP contribution < -0.4 is 11.2 Å². The predicted octanol–water partition coefficient (Wildman–Crippen LogP) is -1.26. The summed E-state index contributed by atoms with van der Waals surface area (Å²) < 4.78 is 51.5. The van der Waals surface area contributed by atoms with Gasteiger partial charge in [-0.1, -0.05) is 11.8 Å². The molecule has 0 bridgehead atoms. The van der Waals surface area contributed by atoms with Gasteiger partial charge in [-0.2, -0.15) is 8.62 Å². The van der Waals surface area contributed by atoms with Crippen molar-refractivity contribution in [3.63, 3.8) is 0 Å². The first-order chi connectivity index (χ1) is 16.0. The maximum absolute atomic E-state index is 12.1. The lowest BCUT2D eigenvalue weighted by molar-refractivity contribution is -0.136. The second kappa shape index (κ2) is 11.4. The van der Waals surface area contributed by atoms with Gasteiger partial charge in [0.05, 0.1) is 19.1 Å². The monoisotopic (exact) mass is 564 g/mol. The standard InChI is InChI=1S/C14H19N2O16P3/c17-9-5-11(16-6-8(13(20)15-14(16)21)3-1-2-4-12(18)19)30-10(9)7-29-34(25,26)32-35(27,28)31-33(22,23)24/h6,9-11,17H,2,4-5,7H2,(H,18,19)(H,25,26)(H,27,28)(H,15,20,21)(H2,22,23,24)/t9-,10+,11+/m0/s1. The van der Waals surface area contributed by atoms with Crippen LogP contribution in [0.15, 0.2) is 15.8 Å². The van der Waals surface area contributed by atoms with E-state index >= 15 is 0 Å². The topological polar surface area (TPSA) is 281 Å². The van der Waals surface area contributed by atoms with Crippen LogP contribution in [0.5, 0.6) is 0 Å². The summed E-state index contributed by atoms with van der Waals surface area (Å²) >= 11 is 0. The van der Waals surface area contributed by atoms with E-state index in [9.17, 15) is 38.1 Å². The molecule has 7 N–H and O–H groups in total. The van der Waals surface area contributed by atoms with Gasteiger partial charge < -0.3 is 34.5 Å². The number of aliphatic hydroxyl groups is 1. The third kappa shape index (κ3) is 9.54. The van der Waals surface area contributed by atoms with Crippen LogP contribution in [-0.4, -0.2) is 64.1 Å². The minimum absolute atomic E-state index is 0.0742. The van der Waals surface area contributed by atoms with Crippen molar-refractivity contribution < 1.29 is 66.2 Å². The molecular formula is C14H19N2O16P3. The molecule has 0 amide bonds. The number of hydrogen-bond acceptors (Lipinski definition) is 11. The summed E-state index contributed by atoms with van der Waals surface area (Å²) in [5.41, 5.74) is -2.04. The average molecular weight is 564 g/mol. The van der Waals surface area contributed by atoms with Crippen LogP contribution in [-0.2, 0) is 36.4 Å². The number of nitrogens with zero attached hydrogens (tertiary/aromatic N) is 1. The van der Waals surface area contributed by atoms with Gasteiger partial charge in [-0.25, -0.2) is 18.5 Å². The molecule has 21 heteroatoms. The molecule has 2 heterocycles. The summed E-state index contributed by atoms with van der Waals surface area (Å²) in [6, 6.07) is 0. The van der Waals surface area contributed by atoms with Crippen molar-refractivity contribution in [3.05, 3.63) is 32.6 Å². The van der Waals surface area contributed by atoms with Crippen LogP contribution in [0.4, 0.5) is 0 Å². The first kappa shape index (κ1) is 29.3. The predicted molar refractivity (Wildman–Crippen MR) is 109 cm³/mol. The maximum Gasteiger partial charge on any atom is 0.490 e. The summed E-state index contributed by atoms with van der Waals surface area (Å²) in [6.45, 7) is -0.957. The Bertz CT molecular complexity index is 1270. The Balaban J connectivity index is 2.09. The molecule has 0 radical (unpaired) electrons. The lowest BCUT2D eigenvalue weighted by Crippen LogP contribution is -2.33. The minimum Gasteiger partial charge on any atom is -0.481 e. The molecule has 35 heavy (non-hydrogen) atoms. The van der Waals surface area contributed by atoms with Gasteiger partial charge in [0.15, 0.2) is 0 Å². The third-order valence-corrected chi connectivity index (χ3v) is 7.79. The van der Waals surface area contributed by atoms with Gasteiger partial charge in [-0.15, -0.1) is 0 Å². The Morgan fingerprint density at radius 1 is 1.17 bits per heavy atom. The van der Waals surface area contributed by atoms with Crippen LogP contribution in [0.3, 0.4) is 0 Å². The molecule has 1 aromatic rings. The lowest BCUT2D eigenvalue weighted by Gasteiger charge is -2.19. The summed E-state index contributed by atoms with van der Waals surface area (Å²) in [6.07, 6.45) is -3.71. The van der Waals surface area contributed by atoms with Crippen molar-refractivity contribution in [2.45, 2.75) is 37.7 Å². The summed E-state index contributed by atoms with van der Waals surface area (Å²) in [4.78, 5) is 72.1. The molecule has 0 aromatic carbocycles. The zero-order valence-electron chi connectivity index (χ0n) is 17.2. The summed E-state index contributed by atoms with van der Waals surface area (Å²) in [5, 5.41) is 18.7. The molecule has 18 nitrogen and oxygen atoms in total. The van der Waals surface area contributed by atoms with Crippen molar-refractivity contribution in [1.82, 2.24) is 9.55 Å². The highest BCUT2D eigenvalue weighted by atomic mass is 31.3. The molecular weight excluding hydrogens is 545 g/mol. The fraction of sp³-hybridized carbons (Fsp3) is 0.500. The number of carbonyl (C=O) groups is 1. The third-order valence-electron chi connectivity index (χ3n) is 3.99. The fourth-order valence-electron chi connectivity index (χ4n) is 2.62. The van der Waals surface area contributed by atoms with Crippen LogP contribution in [0.1, 0.15) is 31.1 Å². The smallest absolute Gasteiger partial charge is 0.481 e. The highest BCUT2D eigenvalue weighted by Crippen LogP contribution is 2.66. The van der Waals surface area contributed by atoms with Gasteiger partial charge >= 0.3 is 35.1 Å². The highest BCUT2D eigenvalue weighted by molar-refractivity contribution is 7.66. The SMILES string of the molecule is O=C(O)CCC#Cc1cn([C@H]2C[C@H](O)[C@@H](COP(=O)(O)OP(=O)(O)OP(=O)(O)O)O2)c(=O)[nH]c1=O. The van der Waals surface area contributed by atoms with Crippen molar-refractivity contribution in [1.29, 1.82) is 0 Å². The normalized spacial score (nSPS) is 23.6. The van der Waals surface area contributed by atoms with Crippen LogP contribution in [0.2, 0.25) is 0 Å². The number of aliphatic carboxylic acids is 1. The van der Waals surface area contributed by atoms with Gasteiger partial charge in [0.2, 0.25) is 0 Å². The number of aromatic nitrogens is 2. The van der Waals surface area contributed by atoms with Gasteiger partial charge in [0.1, 0.15) is 17.9 Å². The maximum atomic E-state index is 12.1. The number of rotatable bonds is 10. The molecule has 2 unspecified atom stereocenters. The van der Waals surface area contributed by atoms with Gasteiger partial charge in [0, 0.05) is 19.0 Å². The summed E-state index contributed by atoms with van der Waals surface area (Å²) in [5.74, 6) is 3.74. The van der Waals surface area contributed by atoms with Crippen LogP contribution in [0, 0.1) is 11.8 Å². The van der Waals surface area contributed by atoms with Gasteiger partial charge in [0.25, 0.3) is 5.56 Å². The number of aromatic amines is 1. The lowest BCUT2D eigenvalue weighted by atomic mass is 10.2. The molecule has 0 spiro atoms.